The number of nitrogens with one attached hydrogen (secondary N) is 1. The summed E-state index contributed by atoms with van der Waals surface area (Å²) in [6, 6.07) is 1.99. The minimum absolute atomic E-state index is 0.624. The maximum atomic E-state index is 5.71. The van der Waals surface area contributed by atoms with Crippen LogP contribution in [0.25, 0.3) is 11.5 Å². The van der Waals surface area contributed by atoms with Gasteiger partial charge >= 0.3 is 0 Å². The van der Waals surface area contributed by atoms with Crippen molar-refractivity contribution in [2.75, 3.05) is 6.54 Å². The normalized spacial score (nSPS) is 11.4. The van der Waals surface area contributed by atoms with E-state index in [9.17, 15) is 0 Å². The smallest absolute Gasteiger partial charge is 0.208 e. The molecule has 2 aromatic rings. The third kappa shape index (κ3) is 2.98. The lowest BCUT2D eigenvalue weighted by Crippen LogP contribution is -2.18. The summed E-state index contributed by atoms with van der Waals surface area (Å²) in [5.74, 6) is 2.10. The van der Waals surface area contributed by atoms with Crippen LogP contribution in [0.1, 0.15) is 25.4 Å². The van der Waals surface area contributed by atoms with Crippen molar-refractivity contribution in [2.24, 2.45) is 13.0 Å². The predicted octanol–water partition coefficient (Wildman–Crippen LogP) is 2.13. The molecule has 0 aliphatic carbocycles. The zero-order chi connectivity index (χ0) is 13.1. The van der Waals surface area contributed by atoms with Crippen molar-refractivity contribution in [1.29, 1.82) is 0 Å². The van der Waals surface area contributed by atoms with E-state index in [0.717, 1.165) is 23.7 Å². The van der Waals surface area contributed by atoms with Crippen LogP contribution >= 0.6 is 0 Å². The van der Waals surface area contributed by atoms with Gasteiger partial charge in [-0.15, -0.1) is 0 Å². The second-order valence-electron chi connectivity index (χ2n) is 4.94. The number of nitrogens with zero attached hydrogens (tertiary/aromatic N) is 3. The Labute approximate surface area is 107 Å². The second kappa shape index (κ2) is 5.35. The van der Waals surface area contributed by atoms with E-state index in [-0.39, 0.29) is 0 Å². The molecule has 0 saturated heterocycles. The molecule has 5 nitrogen and oxygen atoms in total. The zero-order valence-corrected chi connectivity index (χ0v) is 11.4. The number of aromatic nitrogens is 3. The van der Waals surface area contributed by atoms with Crippen molar-refractivity contribution in [3.8, 4) is 11.5 Å². The third-order valence-corrected chi connectivity index (χ3v) is 2.64. The largest absolute Gasteiger partial charge is 0.438 e. The van der Waals surface area contributed by atoms with Gasteiger partial charge in [0.15, 0.2) is 5.76 Å². The Morgan fingerprint density at radius 1 is 1.44 bits per heavy atom. The van der Waals surface area contributed by atoms with E-state index in [4.69, 9.17) is 4.42 Å². The molecular weight excluding hydrogens is 228 g/mol. The zero-order valence-electron chi connectivity index (χ0n) is 11.4. The highest BCUT2D eigenvalue weighted by atomic mass is 16.4. The van der Waals surface area contributed by atoms with Crippen LogP contribution in [0.15, 0.2) is 16.7 Å². The van der Waals surface area contributed by atoms with Gasteiger partial charge in [-0.25, -0.2) is 4.98 Å². The molecular formula is C13H20N4O. The maximum absolute atomic E-state index is 5.71. The van der Waals surface area contributed by atoms with Crippen molar-refractivity contribution in [3.05, 3.63) is 23.8 Å². The van der Waals surface area contributed by atoms with Gasteiger partial charge in [0.1, 0.15) is 5.69 Å². The molecule has 0 aliphatic heterocycles. The highest BCUT2D eigenvalue weighted by molar-refractivity contribution is 5.51. The molecule has 2 rings (SSSR count). The van der Waals surface area contributed by atoms with Gasteiger partial charge in [-0.1, -0.05) is 13.8 Å². The highest BCUT2D eigenvalue weighted by Gasteiger charge is 2.10. The standard InChI is InChI=1S/C13H20N4O/c1-9(2)6-14-8-13-15-7-12(18-13)11-5-10(3)16-17(11)4/h5,7,9,14H,6,8H2,1-4H3. The molecule has 0 radical (unpaired) electrons. The summed E-state index contributed by atoms with van der Waals surface area (Å²) >= 11 is 0. The molecule has 0 bridgehead atoms. The first-order valence-electron chi connectivity index (χ1n) is 6.22. The van der Waals surface area contributed by atoms with Crippen molar-refractivity contribution < 1.29 is 4.42 Å². The number of aryl methyl sites for hydroxylation is 2. The SMILES string of the molecule is Cc1cc(-c2cnc(CNCC(C)C)o2)n(C)n1. The Balaban J connectivity index is 2.04. The maximum Gasteiger partial charge on any atom is 0.208 e. The van der Waals surface area contributed by atoms with Crippen molar-refractivity contribution >= 4 is 0 Å². The minimum Gasteiger partial charge on any atom is -0.438 e. The van der Waals surface area contributed by atoms with Crippen molar-refractivity contribution in [1.82, 2.24) is 20.1 Å². The van der Waals surface area contributed by atoms with Gasteiger partial charge in [0.25, 0.3) is 0 Å². The first-order chi connectivity index (χ1) is 8.56. The predicted molar refractivity (Wildman–Crippen MR) is 70.0 cm³/mol. The molecule has 0 aromatic carbocycles. The van der Waals surface area contributed by atoms with Crippen LogP contribution < -0.4 is 5.32 Å². The average molecular weight is 248 g/mol. The van der Waals surface area contributed by atoms with Crippen LogP contribution in [0.2, 0.25) is 0 Å². The van der Waals surface area contributed by atoms with Gasteiger partial charge < -0.3 is 9.73 Å². The molecule has 0 aliphatic rings. The molecule has 0 fully saturated rings. The molecule has 2 heterocycles. The topological polar surface area (TPSA) is 55.9 Å². The van der Waals surface area contributed by atoms with Gasteiger partial charge in [-0.2, -0.15) is 5.10 Å². The van der Waals surface area contributed by atoms with Gasteiger partial charge in [0, 0.05) is 7.05 Å². The summed E-state index contributed by atoms with van der Waals surface area (Å²) in [7, 11) is 1.90. The molecule has 0 unspecified atom stereocenters. The molecule has 2 aromatic heterocycles. The summed E-state index contributed by atoms with van der Waals surface area (Å²) in [5, 5.41) is 7.60. The quantitative estimate of drug-likeness (QED) is 0.880. The van der Waals surface area contributed by atoms with E-state index in [1.807, 2.05) is 20.0 Å². The lowest BCUT2D eigenvalue weighted by Gasteiger charge is -2.04. The molecule has 98 valence electrons. The summed E-state index contributed by atoms with van der Waals surface area (Å²) in [6.45, 7) is 7.93. The highest BCUT2D eigenvalue weighted by Crippen LogP contribution is 2.20. The Bertz CT molecular complexity index is 513. The first-order valence-corrected chi connectivity index (χ1v) is 6.22. The lowest BCUT2D eigenvalue weighted by atomic mass is 10.2. The van der Waals surface area contributed by atoms with Crippen LogP contribution in [0, 0.1) is 12.8 Å². The van der Waals surface area contributed by atoms with Gasteiger partial charge in [-0.3, -0.25) is 4.68 Å². The molecule has 0 amide bonds. The number of hydrogen-bond acceptors (Lipinski definition) is 4. The number of rotatable bonds is 5. The molecule has 0 atom stereocenters. The lowest BCUT2D eigenvalue weighted by molar-refractivity contribution is 0.457. The second-order valence-corrected chi connectivity index (χ2v) is 4.94. The number of oxazole rings is 1. The fraction of sp³-hybridized carbons (Fsp3) is 0.538. The average Bonchev–Trinajstić information content (AvgIpc) is 2.85. The van der Waals surface area contributed by atoms with E-state index in [1.54, 1.807) is 10.9 Å². The molecule has 0 spiro atoms. The Morgan fingerprint density at radius 3 is 2.83 bits per heavy atom. The summed E-state index contributed by atoms with van der Waals surface area (Å²) in [4.78, 5) is 4.27. The summed E-state index contributed by atoms with van der Waals surface area (Å²) < 4.78 is 7.52. The minimum atomic E-state index is 0.624. The molecule has 5 heteroatoms. The van der Waals surface area contributed by atoms with Crippen LogP contribution in [0.4, 0.5) is 0 Å². The fourth-order valence-corrected chi connectivity index (χ4v) is 1.82. The van der Waals surface area contributed by atoms with Crippen LogP contribution in [0.3, 0.4) is 0 Å². The van der Waals surface area contributed by atoms with E-state index < -0.39 is 0 Å². The molecule has 1 N–H and O–H groups in total. The Hall–Kier alpha value is -1.62. The van der Waals surface area contributed by atoms with Crippen LogP contribution in [-0.4, -0.2) is 21.3 Å². The van der Waals surface area contributed by atoms with Gasteiger partial charge in [-0.05, 0) is 25.5 Å². The summed E-state index contributed by atoms with van der Waals surface area (Å²) in [6.07, 6.45) is 1.75. The fourth-order valence-electron chi connectivity index (χ4n) is 1.82. The van der Waals surface area contributed by atoms with Gasteiger partial charge in [0.2, 0.25) is 5.89 Å². The number of hydrogen-bond donors (Lipinski definition) is 1. The first kappa shape index (κ1) is 12.8. The van der Waals surface area contributed by atoms with Crippen molar-refractivity contribution in [3.63, 3.8) is 0 Å². The van der Waals surface area contributed by atoms with Crippen molar-refractivity contribution in [2.45, 2.75) is 27.3 Å². The molecule has 18 heavy (non-hydrogen) atoms. The van der Waals surface area contributed by atoms with E-state index in [2.05, 4.69) is 29.2 Å². The van der Waals surface area contributed by atoms with Gasteiger partial charge in [0.05, 0.1) is 18.4 Å². The van der Waals surface area contributed by atoms with E-state index in [0.29, 0.717) is 18.4 Å². The summed E-state index contributed by atoms with van der Waals surface area (Å²) in [5.41, 5.74) is 1.93. The van der Waals surface area contributed by atoms with Crippen LogP contribution in [-0.2, 0) is 13.6 Å². The third-order valence-electron chi connectivity index (χ3n) is 2.64. The van der Waals surface area contributed by atoms with E-state index >= 15 is 0 Å². The Kier molecular flexibility index (Phi) is 3.81. The van der Waals surface area contributed by atoms with Crippen LogP contribution in [0.5, 0.6) is 0 Å². The Morgan fingerprint density at radius 2 is 2.22 bits per heavy atom. The monoisotopic (exact) mass is 248 g/mol. The van der Waals surface area contributed by atoms with E-state index in [1.165, 1.54) is 0 Å². The molecule has 0 saturated carbocycles.